The fraction of sp³-hybridized carbons (Fsp3) is 0.720. The Hall–Kier alpha value is -1.99. The summed E-state index contributed by atoms with van der Waals surface area (Å²) in [6.45, 7) is 9.17. The van der Waals surface area contributed by atoms with Crippen LogP contribution in [0, 0.1) is 0 Å². The van der Waals surface area contributed by atoms with Gasteiger partial charge in [0.1, 0.15) is 0 Å². The number of aliphatic imine (C=N–C) groups is 1. The van der Waals surface area contributed by atoms with Crippen LogP contribution in [-0.4, -0.2) is 81.3 Å². The van der Waals surface area contributed by atoms with Crippen LogP contribution in [0.2, 0.25) is 0 Å². The van der Waals surface area contributed by atoms with Crippen molar-refractivity contribution in [3.05, 3.63) is 23.3 Å². The van der Waals surface area contributed by atoms with Gasteiger partial charge >= 0.3 is 0 Å². The number of nitrogens with one attached hydrogen (secondary N) is 2. The van der Waals surface area contributed by atoms with Gasteiger partial charge in [0.15, 0.2) is 17.5 Å². The van der Waals surface area contributed by atoms with Crippen molar-refractivity contribution in [3.8, 4) is 11.5 Å². The molecule has 1 unspecified atom stereocenters. The number of guanidine groups is 1. The van der Waals surface area contributed by atoms with Crippen LogP contribution >= 0.6 is 0 Å². The molecule has 3 aliphatic rings. The first-order valence-electron chi connectivity index (χ1n) is 12.4. The molecule has 1 atom stereocenters. The van der Waals surface area contributed by atoms with Crippen molar-refractivity contribution in [2.75, 3.05) is 53.5 Å². The minimum atomic E-state index is 0.512. The molecule has 1 aromatic rings. The van der Waals surface area contributed by atoms with Crippen molar-refractivity contribution in [3.63, 3.8) is 0 Å². The van der Waals surface area contributed by atoms with Crippen LogP contribution in [0.1, 0.15) is 50.2 Å². The summed E-state index contributed by atoms with van der Waals surface area (Å²) in [5.74, 6) is 2.60. The summed E-state index contributed by atoms with van der Waals surface area (Å²) in [7, 11) is 3.40. The van der Waals surface area contributed by atoms with E-state index in [-0.39, 0.29) is 0 Å². The molecule has 1 saturated heterocycles. The number of methoxy groups -OCH3 is 2. The predicted molar refractivity (Wildman–Crippen MR) is 130 cm³/mol. The predicted octanol–water partition coefficient (Wildman–Crippen LogP) is 2.63. The molecular weight excluding hydrogens is 402 g/mol. The third-order valence-corrected chi connectivity index (χ3v) is 7.23. The molecule has 4 rings (SSSR count). The Morgan fingerprint density at radius 2 is 1.81 bits per heavy atom. The second-order valence-corrected chi connectivity index (χ2v) is 9.33. The van der Waals surface area contributed by atoms with Gasteiger partial charge in [0, 0.05) is 51.4 Å². The Morgan fingerprint density at radius 3 is 2.53 bits per heavy atom. The van der Waals surface area contributed by atoms with E-state index in [1.54, 1.807) is 14.2 Å². The number of hydrogen-bond acceptors (Lipinski definition) is 5. The number of fused-ring (bicyclic) bond motifs is 1. The van der Waals surface area contributed by atoms with Gasteiger partial charge in [-0.2, -0.15) is 0 Å². The Morgan fingerprint density at radius 1 is 1.06 bits per heavy atom. The van der Waals surface area contributed by atoms with Crippen molar-refractivity contribution >= 4 is 5.96 Å². The van der Waals surface area contributed by atoms with Gasteiger partial charge in [0.25, 0.3) is 0 Å². The molecule has 7 heteroatoms. The van der Waals surface area contributed by atoms with Crippen LogP contribution in [0.3, 0.4) is 0 Å². The van der Waals surface area contributed by atoms with Gasteiger partial charge in [-0.3, -0.25) is 14.8 Å². The van der Waals surface area contributed by atoms with E-state index in [1.807, 2.05) is 0 Å². The van der Waals surface area contributed by atoms with Gasteiger partial charge in [-0.1, -0.05) is 12.8 Å². The molecule has 1 aromatic carbocycles. The van der Waals surface area contributed by atoms with Crippen molar-refractivity contribution in [2.24, 2.45) is 4.99 Å². The first-order valence-corrected chi connectivity index (χ1v) is 12.4. The van der Waals surface area contributed by atoms with Gasteiger partial charge in [0.05, 0.1) is 20.8 Å². The van der Waals surface area contributed by atoms with E-state index < -0.39 is 0 Å². The third kappa shape index (κ3) is 5.67. The zero-order valence-electron chi connectivity index (χ0n) is 20.2. The lowest BCUT2D eigenvalue weighted by Crippen LogP contribution is -2.45. The van der Waals surface area contributed by atoms with Crippen molar-refractivity contribution < 1.29 is 9.47 Å². The second kappa shape index (κ2) is 11.2. The summed E-state index contributed by atoms with van der Waals surface area (Å²) in [5.41, 5.74) is 2.70. The molecule has 1 aliphatic carbocycles. The molecule has 0 spiro atoms. The summed E-state index contributed by atoms with van der Waals surface area (Å²) in [5, 5.41) is 7.15. The molecule has 2 N–H and O–H groups in total. The van der Waals surface area contributed by atoms with Crippen LogP contribution in [0.5, 0.6) is 11.5 Å². The summed E-state index contributed by atoms with van der Waals surface area (Å²) in [4.78, 5) is 10.1. The lowest BCUT2D eigenvalue weighted by atomic mass is 9.99. The Kier molecular flexibility index (Phi) is 8.14. The molecule has 7 nitrogen and oxygen atoms in total. The van der Waals surface area contributed by atoms with E-state index in [4.69, 9.17) is 14.5 Å². The maximum Gasteiger partial charge on any atom is 0.191 e. The Labute approximate surface area is 193 Å². The second-order valence-electron chi connectivity index (χ2n) is 9.33. The summed E-state index contributed by atoms with van der Waals surface area (Å²) in [6, 6.07) is 5.60. The molecule has 178 valence electrons. The van der Waals surface area contributed by atoms with Crippen LogP contribution in [0.4, 0.5) is 0 Å². The zero-order valence-corrected chi connectivity index (χ0v) is 20.2. The van der Waals surface area contributed by atoms with Gasteiger partial charge in [-0.15, -0.1) is 0 Å². The molecule has 0 radical (unpaired) electrons. The lowest BCUT2D eigenvalue weighted by molar-refractivity contribution is 0.242. The van der Waals surface area contributed by atoms with E-state index in [0.717, 1.165) is 69.2 Å². The standard InChI is InChI=1S/C25H41N5O2/c1-4-26-25(28-21-10-13-30(18-21)22-7-5-6-8-22)27-11-14-29-12-9-19-15-23(31-2)24(32-3)16-20(19)17-29/h15-16,21-22H,4-14,17-18H2,1-3H3,(H2,26,27,28). The van der Waals surface area contributed by atoms with Crippen LogP contribution in [0.25, 0.3) is 0 Å². The fourth-order valence-electron chi connectivity index (χ4n) is 5.46. The topological polar surface area (TPSA) is 61.4 Å². The minimum absolute atomic E-state index is 0.512. The van der Waals surface area contributed by atoms with E-state index in [1.165, 1.54) is 49.8 Å². The highest BCUT2D eigenvalue weighted by atomic mass is 16.5. The highest BCUT2D eigenvalue weighted by Crippen LogP contribution is 2.33. The van der Waals surface area contributed by atoms with E-state index in [0.29, 0.717) is 6.04 Å². The molecular formula is C25H41N5O2. The van der Waals surface area contributed by atoms with Crippen LogP contribution in [-0.2, 0) is 13.0 Å². The SMILES string of the molecule is CCNC(=NCCN1CCc2cc(OC)c(OC)cc2C1)NC1CCN(C2CCCC2)C1. The molecule has 2 aliphatic heterocycles. The molecule has 0 bridgehead atoms. The highest BCUT2D eigenvalue weighted by Gasteiger charge is 2.30. The Balaban J connectivity index is 1.28. The van der Waals surface area contributed by atoms with Gasteiger partial charge in [-0.25, -0.2) is 0 Å². The molecule has 0 aromatic heterocycles. The third-order valence-electron chi connectivity index (χ3n) is 7.23. The average molecular weight is 444 g/mol. The smallest absolute Gasteiger partial charge is 0.191 e. The maximum absolute atomic E-state index is 5.49. The molecule has 1 saturated carbocycles. The average Bonchev–Trinajstić information content (AvgIpc) is 3.50. The van der Waals surface area contributed by atoms with E-state index in [9.17, 15) is 0 Å². The number of benzene rings is 1. The first-order chi connectivity index (χ1) is 15.7. The van der Waals surface area contributed by atoms with Crippen LogP contribution < -0.4 is 20.1 Å². The van der Waals surface area contributed by atoms with E-state index in [2.05, 4.69) is 39.5 Å². The molecule has 2 heterocycles. The molecule has 2 fully saturated rings. The minimum Gasteiger partial charge on any atom is -0.493 e. The monoisotopic (exact) mass is 443 g/mol. The quantitative estimate of drug-likeness (QED) is 0.476. The van der Waals surface area contributed by atoms with Crippen molar-refractivity contribution in [2.45, 2.75) is 64.1 Å². The van der Waals surface area contributed by atoms with Crippen molar-refractivity contribution in [1.29, 1.82) is 0 Å². The normalized spacial score (nSPS) is 22.7. The summed E-state index contributed by atoms with van der Waals surface area (Å²) >= 11 is 0. The van der Waals surface area contributed by atoms with Crippen LogP contribution in [0.15, 0.2) is 17.1 Å². The summed E-state index contributed by atoms with van der Waals surface area (Å²) in [6.07, 6.45) is 7.85. The largest absolute Gasteiger partial charge is 0.493 e. The number of hydrogen-bond donors (Lipinski definition) is 2. The Bertz CT molecular complexity index is 778. The number of ether oxygens (including phenoxy) is 2. The first kappa shape index (κ1) is 23.2. The van der Waals surface area contributed by atoms with E-state index >= 15 is 0 Å². The number of nitrogens with zero attached hydrogens (tertiary/aromatic N) is 3. The highest BCUT2D eigenvalue weighted by molar-refractivity contribution is 5.80. The van der Waals surface area contributed by atoms with Gasteiger partial charge in [0.2, 0.25) is 0 Å². The van der Waals surface area contributed by atoms with Gasteiger partial charge in [-0.05, 0) is 55.9 Å². The molecule has 32 heavy (non-hydrogen) atoms. The molecule has 0 amide bonds. The number of likely N-dealkylation sites (tertiary alicyclic amines) is 1. The zero-order chi connectivity index (χ0) is 22.3. The van der Waals surface area contributed by atoms with Gasteiger partial charge < -0.3 is 20.1 Å². The fourth-order valence-corrected chi connectivity index (χ4v) is 5.46. The van der Waals surface area contributed by atoms with Crippen molar-refractivity contribution in [1.82, 2.24) is 20.4 Å². The summed E-state index contributed by atoms with van der Waals surface area (Å²) < 4.78 is 11.0. The lowest BCUT2D eigenvalue weighted by Gasteiger charge is -2.29. The maximum atomic E-state index is 5.49. The number of rotatable bonds is 8.